The lowest BCUT2D eigenvalue weighted by Gasteiger charge is -2.08. The summed E-state index contributed by atoms with van der Waals surface area (Å²) in [5.41, 5.74) is 2.24. The number of nitrogens with one attached hydrogen (secondary N) is 1. The highest BCUT2D eigenvalue weighted by atomic mass is 19.2. The Hall–Kier alpha value is -2.56. The fraction of sp³-hybridized carbons (Fsp3) is 0.0667. The minimum atomic E-state index is -0.845. The van der Waals surface area contributed by atoms with Crippen LogP contribution in [0.4, 0.5) is 14.5 Å². The van der Waals surface area contributed by atoms with Gasteiger partial charge in [0.1, 0.15) is 0 Å². The molecular weight excluding hydrogens is 260 g/mol. The first-order valence-corrected chi connectivity index (χ1v) is 6.12. The first kappa shape index (κ1) is 12.5. The average Bonchev–Trinajstić information content (AvgIpc) is 2.48. The van der Waals surface area contributed by atoms with E-state index < -0.39 is 11.6 Å². The van der Waals surface area contributed by atoms with Crippen molar-refractivity contribution in [2.45, 2.75) is 6.54 Å². The molecule has 0 aliphatic rings. The molecule has 2 aromatic carbocycles. The van der Waals surface area contributed by atoms with E-state index in [9.17, 15) is 8.78 Å². The molecule has 0 fully saturated rings. The van der Waals surface area contributed by atoms with Crippen LogP contribution < -0.4 is 5.32 Å². The van der Waals surface area contributed by atoms with E-state index in [1.54, 1.807) is 12.3 Å². The first-order chi connectivity index (χ1) is 9.74. The summed E-state index contributed by atoms with van der Waals surface area (Å²) in [6.07, 6.45) is 1.61. The van der Waals surface area contributed by atoms with E-state index in [-0.39, 0.29) is 0 Å². The smallest absolute Gasteiger partial charge is 0.159 e. The van der Waals surface area contributed by atoms with Crippen molar-refractivity contribution in [3.8, 4) is 0 Å². The summed E-state index contributed by atoms with van der Waals surface area (Å²) in [6.45, 7) is 0.382. The first-order valence-electron chi connectivity index (χ1n) is 6.12. The fourth-order valence-electron chi connectivity index (χ4n) is 1.99. The SMILES string of the molecule is Fc1ccc(CNc2cnnc3ccccc23)cc1F. The zero-order chi connectivity index (χ0) is 13.9. The highest BCUT2D eigenvalue weighted by molar-refractivity contribution is 5.90. The minimum Gasteiger partial charge on any atom is -0.379 e. The standard InChI is InChI=1S/C15H11F2N3/c16-12-6-5-10(7-13(12)17)8-18-15-9-19-20-14-4-2-1-3-11(14)15/h1-7,9H,8H2,(H,18,20). The van der Waals surface area contributed by atoms with E-state index in [1.165, 1.54) is 6.07 Å². The van der Waals surface area contributed by atoms with Crippen molar-refractivity contribution in [2.24, 2.45) is 0 Å². The van der Waals surface area contributed by atoms with Gasteiger partial charge in [-0.05, 0) is 23.8 Å². The van der Waals surface area contributed by atoms with Gasteiger partial charge in [0.2, 0.25) is 0 Å². The Morgan fingerprint density at radius 1 is 1.00 bits per heavy atom. The minimum absolute atomic E-state index is 0.382. The highest BCUT2D eigenvalue weighted by Crippen LogP contribution is 2.20. The molecule has 0 unspecified atom stereocenters. The van der Waals surface area contributed by atoms with Crippen molar-refractivity contribution < 1.29 is 8.78 Å². The topological polar surface area (TPSA) is 37.8 Å². The highest BCUT2D eigenvalue weighted by Gasteiger charge is 2.04. The van der Waals surface area contributed by atoms with Crippen molar-refractivity contribution in [3.05, 3.63) is 65.9 Å². The Morgan fingerprint density at radius 2 is 1.85 bits per heavy atom. The third-order valence-electron chi connectivity index (χ3n) is 3.01. The molecule has 0 radical (unpaired) electrons. The summed E-state index contributed by atoms with van der Waals surface area (Å²) in [4.78, 5) is 0. The Balaban J connectivity index is 1.85. The van der Waals surface area contributed by atoms with E-state index in [4.69, 9.17) is 0 Å². The number of aromatic nitrogens is 2. The second-order valence-electron chi connectivity index (χ2n) is 4.38. The maximum Gasteiger partial charge on any atom is 0.159 e. The van der Waals surface area contributed by atoms with Crippen LogP contribution in [0.25, 0.3) is 10.9 Å². The summed E-state index contributed by atoms with van der Waals surface area (Å²) >= 11 is 0. The molecule has 1 heterocycles. The average molecular weight is 271 g/mol. The molecule has 5 heteroatoms. The molecule has 0 amide bonds. The summed E-state index contributed by atoms with van der Waals surface area (Å²) in [5, 5.41) is 12.0. The number of halogens is 2. The third kappa shape index (κ3) is 2.42. The van der Waals surface area contributed by atoms with Crippen LogP contribution >= 0.6 is 0 Å². The van der Waals surface area contributed by atoms with Crippen LogP contribution in [-0.2, 0) is 6.54 Å². The molecule has 3 rings (SSSR count). The van der Waals surface area contributed by atoms with Gasteiger partial charge in [0, 0.05) is 11.9 Å². The van der Waals surface area contributed by atoms with Crippen molar-refractivity contribution in [1.82, 2.24) is 10.2 Å². The summed E-state index contributed by atoms with van der Waals surface area (Å²) < 4.78 is 26.0. The zero-order valence-electron chi connectivity index (χ0n) is 10.5. The normalized spacial score (nSPS) is 10.7. The molecule has 0 aliphatic heterocycles. The molecule has 20 heavy (non-hydrogen) atoms. The van der Waals surface area contributed by atoms with Crippen LogP contribution in [0.5, 0.6) is 0 Å². The largest absolute Gasteiger partial charge is 0.379 e. The second kappa shape index (κ2) is 5.21. The van der Waals surface area contributed by atoms with Gasteiger partial charge in [0.25, 0.3) is 0 Å². The molecule has 0 bridgehead atoms. The number of fused-ring (bicyclic) bond motifs is 1. The monoisotopic (exact) mass is 271 g/mol. The summed E-state index contributed by atoms with van der Waals surface area (Å²) in [5.74, 6) is -1.69. The van der Waals surface area contributed by atoms with Crippen LogP contribution in [-0.4, -0.2) is 10.2 Å². The maximum atomic E-state index is 13.1. The molecule has 0 saturated heterocycles. The van der Waals surface area contributed by atoms with E-state index in [2.05, 4.69) is 15.5 Å². The number of anilines is 1. The molecule has 3 aromatic rings. The van der Waals surface area contributed by atoms with E-state index in [1.807, 2.05) is 24.3 Å². The third-order valence-corrected chi connectivity index (χ3v) is 3.01. The Labute approximate surface area is 114 Å². The zero-order valence-corrected chi connectivity index (χ0v) is 10.5. The number of nitrogens with zero attached hydrogens (tertiary/aromatic N) is 2. The summed E-state index contributed by atoms with van der Waals surface area (Å²) in [6, 6.07) is 11.4. The summed E-state index contributed by atoms with van der Waals surface area (Å²) in [7, 11) is 0. The molecule has 3 nitrogen and oxygen atoms in total. The molecule has 1 aromatic heterocycles. The molecule has 0 atom stereocenters. The second-order valence-corrected chi connectivity index (χ2v) is 4.38. The van der Waals surface area contributed by atoms with Gasteiger partial charge < -0.3 is 5.32 Å². The van der Waals surface area contributed by atoms with Crippen LogP contribution in [0.2, 0.25) is 0 Å². The quantitative estimate of drug-likeness (QED) is 0.792. The number of hydrogen-bond acceptors (Lipinski definition) is 3. The lowest BCUT2D eigenvalue weighted by atomic mass is 10.2. The van der Waals surface area contributed by atoms with Gasteiger partial charge in [-0.3, -0.25) is 0 Å². The van der Waals surface area contributed by atoms with Crippen LogP contribution in [0.3, 0.4) is 0 Å². The van der Waals surface area contributed by atoms with Crippen molar-refractivity contribution >= 4 is 16.6 Å². The fourth-order valence-corrected chi connectivity index (χ4v) is 1.99. The Kier molecular flexibility index (Phi) is 3.25. The maximum absolute atomic E-state index is 13.1. The molecular formula is C15H11F2N3. The van der Waals surface area contributed by atoms with E-state index in [0.29, 0.717) is 12.1 Å². The Bertz CT molecular complexity index is 754. The predicted molar refractivity (Wildman–Crippen MR) is 73.2 cm³/mol. The van der Waals surface area contributed by atoms with E-state index in [0.717, 1.165) is 22.7 Å². The molecule has 100 valence electrons. The Morgan fingerprint density at radius 3 is 2.70 bits per heavy atom. The number of rotatable bonds is 3. The number of benzene rings is 2. The molecule has 0 saturated carbocycles. The van der Waals surface area contributed by atoms with Crippen molar-refractivity contribution in [2.75, 3.05) is 5.32 Å². The lowest BCUT2D eigenvalue weighted by Crippen LogP contribution is -2.02. The van der Waals surface area contributed by atoms with Gasteiger partial charge in [-0.2, -0.15) is 10.2 Å². The van der Waals surface area contributed by atoms with Crippen LogP contribution in [0, 0.1) is 11.6 Å². The van der Waals surface area contributed by atoms with E-state index >= 15 is 0 Å². The van der Waals surface area contributed by atoms with Gasteiger partial charge in [-0.1, -0.05) is 24.3 Å². The van der Waals surface area contributed by atoms with Crippen LogP contribution in [0.1, 0.15) is 5.56 Å². The number of hydrogen-bond donors (Lipinski definition) is 1. The van der Waals surface area contributed by atoms with Gasteiger partial charge in [-0.15, -0.1) is 0 Å². The van der Waals surface area contributed by atoms with Gasteiger partial charge in [0.05, 0.1) is 17.4 Å². The lowest BCUT2D eigenvalue weighted by molar-refractivity contribution is 0.507. The van der Waals surface area contributed by atoms with Gasteiger partial charge >= 0.3 is 0 Å². The predicted octanol–water partition coefficient (Wildman–Crippen LogP) is 3.52. The van der Waals surface area contributed by atoms with Crippen molar-refractivity contribution in [3.63, 3.8) is 0 Å². The van der Waals surface area contributed by atoms with Gasteiger partial charge in [0.15, 0.2) is 11.6 Å². The van der Waals surface area contributed by atoms with Crippen molar-refractivity contribution in [1.29, 1.82) is 0 Å². The van der Waals surface area contributed by atoms with Gasteiger partial charge in [-0.25, -0.2) is 8.78 Å². The molecule has 0 aliphatic carbocycles. The van der Waals surface area contributed by atoms with Crippen LogP contribution in [0.15, 0.2) is 48.7 Å². The molecule has 1 N–H and O–H groups in total. The molecule has 0 spiro atoms.